The number of thiophene rings is 1. The van der Waals surface area contributed by atoms with Crippen LogP contribution in [0.4, 0.5) is 15.1 Å². The number of hydrogen-bond donors (Lipinski definition) is 2. The van der Waals surface area contributed by atoms with Crippen LogP contribution in [0.3, 0.4) is 0 Å². The summed E-state index contributed by atoms with van der Waals surface area (Å²) in [5.74, 6) is -2.41. The fourth-order valence-corrected chi connectivity index (χ4v) is 3.22. The van der Waals surface area contributed by atoms with Crippen molar-refractivity contribution in [2.45, 2.75) is 6.92 Å². The fourth-order valence-electron chi connectivity index (χ4n) is 2.05. The zero-order valence-electron chi connectivity index (χ0n) is 13.3. The van der Waals surface area contributed by atoms with Crippen LogP contribution in [0.2, 0.25) is 0 Å². The van der Waals surface area contributed by atoms with E-state index in [4.69, 9.17) is 16.3 Å². The summed E-state index contributed by atoms with van der Waals surface area (Å²) in [6.07, 6.45) is 0. The number of amides is 2. The third-order valence-electron chi connectivity index (χ3n) is 3.22. The molecule has 132 valence electrons. The minimum absolute atomic E-state index is 0.0928. The van der Waals surface area contributed by atoms with Gasteiger partial charge in [-0.05, 0) is 36.8 Å². The number of esters is 1. The second kappa shape index (κ2) is 8.09. The van der Waals surface area contributed by atoms with Crippen LogP contribution in [0.15, 0.2) is 24.3 Å². The SMILES string of the molecule is COC(=O)c1c(NC(=O)CCl)sc(C(=O)Nc2ccc(F)cc2)c1C. The number of anilines is 2. The van der Waals surface area contributed by atoms with Gasteiger partial charge in [-0.1, -0.05) is 0 Å². The van der Waals surface area contributed by atoms with Crippen LogP contribution in [0.5, 0.6) is 0 Å². The summed E-state index contributed by atoms with van der Waals surface area (Å²) in [5, 5.41) is 5.26. The number of carbonyl (C=O) groups excluding carboxylic acids is 3. The topological polar surface area (TPSA) is 84.5 Å². The molecule has 0 bridgehead atoms. The van der Waals surface area contributed by atoms with Gasteiger partial charge >= 0.3 is 5.97 Å². The molecule has 1 heterocycles. The Bertz CT molecular complexity index is 820. The molecule has 6 nitrogen and oxygen atoms in total. The molecule has 0 aliphatic rings. The summed E-state index contributed by atoms with van der Waals surface area (Å²) >= 11 is 6.39. The molecule has 0 aliphatic carbocycles. The van der Waals surface area contributed by atoms with Gasteiger partial charge in [0.2, 0.25) is 5.91 Å². The van der Waals surface area contributed by atoms with Gasteiger partial charge < -0.3 is 15.4 Å². The first-order valence-corrected chi connectivity index (χ1v) is 8.37. The molecule has 9 heteroatoms. The zero-order valence-corrected chi connectivity index (χ0v) is 14.9. The smallest absolute Gasteiger partial charge is 0.341 e. The van der Waals surface area contributed by atoms with Crippen molar-refractivity contribution >= 4 is 51.4 Å². The van der Waals surface area contributed by atoms with E-state index in [-0.39, 0.29) is 21.3 Å². The molecule has 0 spiro atoms. The molecule has 0 fully saturated rings. The van der Waals surface area contributed by atoms with Crippen molar-refractivity contribution < 1.29 is 23.5 Å². The molecule has 2 aromatic rings. The molecular weight excluding hydrogens is 371 g/mol. The lowest BCUT2D eigenvalue weighted by molar-refractivity contribution is -0.113. The van der Waals surface area contributed by atoms with Crippen molar-refractivity contribution in [1.82, 2.24) is 0 Å². The summed E-state index contributed by atoms with van der Waals surface area (Å²) < 4.78 is 17.6. The van der Waals surface area contributed by atoms with Crippen LogP contribution in [0, 0.1) is 12.7 Å². The van der Waals surface area contributed by atoms with Crippen LogP contribution in [-0.2, 0) is 9.53 Å². The summed E-state index contributed by atoms with van der Waals surface area (Å²) in [5.41, 5.74) is 0.849. The molecule has 0 radical (unpaired) electrons. The lowest BCUT2D eigenvalue weighted by Gasteiger charge is -2.05. The Kier molecular flexibility index (Phi) is 6.11. The molecule has 0 unspecified atom stereocenters. The molecule has 1 aromatic carbocycles. The van der Waals surface area contributed by atoms with Crippen LogP contribution in [0.25, 0.3) is 0 Å². The number of hydrogen-bond acceptors (Lipinski definition) is 5. The molecule has 0 saturated heterocycles. The number of carbonyl (C=O) groups is 3. The fraction of sp³-hybridized carbons (Fsp3) is 0.188. The van der Waals surface area contributed by atoms with Crippen molar-refractivity contribution in [2.75, 3.05) is 23.6 Å². The van der Waals surface area contributed by atoms with Gasteiger partial charge in [-0.25, -0.2) is 9.18 Å². The molecule has 0 saturated carbocycles. The van der Waals surface area contributed by atoms with Crippen molar-refractivity contribution in [1.29, 1.82) is 0 Å². The van der Waals surface area contributed by atoms with Crippen molar-refractivity contribution in [3.63, 3.8) is 0 Å². The number of ether oxygens (including phenoxy) is 1. The van der Waals surface area contributed by atoms with Crippen LogP contribution in [0.1, 0.15) is 25.6 Å². The van der Waals surface area contributed by atoms with Crippen molar-refractivity contribution in [2.24, 2.45) is 0 Å². The summed E-state index contributed by atoms with van der Waals surface area (Å²) in [7, 11) is 1.20. The highest BCUT2D eigenvalue weighted by molar-refractivity contribution is 7.19. The van der Waals surface area contributed by atoms with Crippen molar-refractivity contribution in [3.8, 4) is 0 Å². The third-order valence-corrected chi connectivity index (χ3v) is 4.67. The van der Waals surface area contributed by atoms with E-state index in [1.54, 1.807) is 6.92 Å². The molecule has 2 amide bonds. The highest BCUT2D eigenvalue weighted by atomic mass is 35.5. The Balaban J connectivity index is 2.36. The van der Waals surface area contributed by atoms with Gasteiger partial charge in [0, 0.05) is 5.69 Å². The van der Waals surface area contributed by atoms with Gasteiger partial charge in [0.1, 0.15) is 16.7 Å². The standard InChI is InChI=1S/C16H14ClFN2O4S/c1-8-12(16(23)24-2)15(20-11(21)7-17)25-13(8)14(22)19-10-5-3-9(18)4-6-10/h3-6H,7H2,1-2H3,(H,19,22)(H,20,21). The van der Waals surface area contributed by atoms with Gasteiger partial charge in [-0.3, -0.25) is 9.59 Å². The van der Waals surface area contributed by atoms with Gasteiger partial charge in [-0.2, -0.15) is 0 Å². The van der Waals surface area contributed by atoms with E-state index in [1.165, 1.54) is 31.4 Å². The second-order valence-electron chi connectivity index (χ2n) is 4.89. The molecule has 1 aromatic heterocycles. The van der Waals surface area contributed by atoms with Gasteiger partial charge in [-0.15, -0.1) is 22.9 Å². The molecule has 2 rings (SSSR count). The molecule has 25 heavy (non-hydrogen) atoms. The minimum atomic E-state index is -0.681. The largest absolute Gasteiger partial charge is 0.465 e. The number of nitrogens with one attached hydrogen (secondary N) is 2. The lowest BCUT2D eigenvalue weighted by Crippen LogP contribution is -2.15. The summed E-state index contributed by atoms with van der Waals surface area (Å²) in [6, 6.07) is 5.24. The van der Waals surface area contributed by atoms with Crippen molar-refractivity contribution in [3.05, 3.63) is 46.1 Å². The Labute approximate surface area is 151 Å². The first-order valence-electron chi connectivity index (χ1n) is 7.01. The van der Waals surface area contributed by atoms with E-state index in [0.29, 0.717) is 11.3 Å². The van der Waals surface area contributed by atoms with Gasteiger partial charge in [0.05, 0.1) is 17.6 Å². The average Bonchev–Trinajstić information content (AvgIpc) is 2.92. The van der Waals surface area contributed by atoms with Crippen LogP contribution < -0.4 is 10.6 Å². The maximum Gasteiger partial charge on any atom is 0.341 e. The minimum Gasteiger partial charge on any atom is -0.465 e. The van der Waals surface area contributed by atoms with Crippen LogP contribution >= 0.6 is 22.9 Å². The molecule has 2 N–H and O–H groups in total. The Morgan fingerprint density at radius 2 is 1.84 bits per heavy atom. The van der Waals surface area contributed by atoms with E-state index < -0.39 is 23.6 Å². The Morgan fingerprint density at radius 3 is 2.40 bits per heavy atom. The molecule has 0 atom stereocenters. The highest BCUT2D eigenvalue weighted by Crippen LogP contribution is 2.34. The number of methoxy groups -OCH3 is 1. The molecular formula is C16H14ClFN2O4S. The molecule has 0 aliphatic heterocycles. The number of alkyl halides is 1. The first-order chi connectivity index (χ1) is 11.9. The van der Waals surface area contributed by atoms with E-state index in [9.17, 15) is 18.8 Å². The highest BCUT2D eigenvalue weighted by Gasteiger charge is 2.26. The van der Waals surface area contributed by atoms with Crippen LogP contribution in [-0.4, -0.2) is 30.8 Å². The Hall–Kier alpha value is -2.45. The first kappa shape index (κ1) is 18.9. The summed E-state index contributed by atoms with van der Waals surface area (Å²) in [6.45, 7) is 1.57. The van der Waals surface area contributed by atoms with E-state index in [1.807, 2.05) is 0 Å². The van der Waals surface area contributed by atoms with Gasteiger partial charge in [0.25, 0.3) is 5.91 Å². The average molecular weight is 385 g/mol. The second-order valence-corrected chi connectivity index (χ2v) is 6.18. The van der Waals surface area contributed by atoms with E-state index in [0.717, 1.165) is 11.3 Å². The zero-order chi connectivity index (χ0) is 18.6. The number of benzene rings is 1. The van der Waals surface area contributed by atoms with E-state index >= 15 is 0 Å². The maximum atomic E-state index is 12.9. The summed E-state index contributed by atoms with van der Waals surface area (Å²) in [4.78, 5) is 36.2. The predicted octanol–water partition coefficient (Wildman–Crippen LogP) is 3.41. The monoisotopic (exact) mass is 384 g/mol. The lowest BCUT2D eigenvalue weighted by atomic mass is 10.1. The maximum absolute atomic E-state index is 12.9. The number of rotatable bonds is 5. The quantitative estimate of drug-likeness (QED) is 0.611. The number of halogens is 2. The third kappa shape index (κ3) is 4.34. The normalized spacial score (nSPS) is 10.2. The predicted molar refractivity (Wildman–Crippen MR) is 94.1 cm³/mol. The Morgan fingerprint density at radius 1 is 1.20 bits per heavy atom. The van der Waals surface area contributed by atoms with Gasteiger partial charge in [0.15, 0.2) is 0 Å². The van der Waals surface area contributed by atoms with E-state index in [2.05, 4.69) is 10.6 Å².